The molecule has 20 heavy (non-hydrogen) atoms. The number of hydrogen-bond acceptors (Lipinski definition) is 3. The van der Waals surface area contributed by atoms with Crippen molar-refractivity contribution < 1.29 is 5.11 Å². The Kier molecular flexibility index (Phi) is 4.58. The molecule has 0 saturated heterocycles. The second-order valence-corrected chi connectivity index (χ2v) is 7.26. The first-order valence-electron chi connectivity index (χ1n) is 6.98. The minimum absolute atomic E-state index is 0.482. The van der Waals surface area contributed by atoms with E-state index >= 15 is 0 Å². The van der Waals surface area contributed by atoms with Gasteiger partial charge in [-0.25, -0.2) is 0 Å². The van der Waals surface area contributed by atoms with Gasteiger partial charge in [0.2, 0.25) is 0 Å². The average molecular weight is 302 g/mol. The molecule has 2 aromatic rings. The van der Waals surface area contributed by atoms with E-state index in [9.17, 15) is 5.11 Å². The quantitative estimate of drug-likeness (QED) is 0.635. The summed E-state index contributed by atoms with van der Waals surface area (Å²) in [6.07, 6.45) is 3.15. The predicted molar refractivity (Wildman–Crippen MR) is 88.0 cm³/mol. The zero-order valence-electron chi connectivity index (χ0n) is 11.3. The Balaban J connectivity index is 1.54. The van der Waals surface area contributed by atoms with Crippen LogP contribution in [0.25, 0.3) is 0 Å². The summed E-state index contributed by atoms with van der Waals surface area (Å²) in [5.74, 6) is 2.73. The van der Waals surface area contributed by atoms with Crippen molar-refractivity contribution in [1.82, 2.24) is 0 Å². The van der Waals surface area contributed by atoms with Gasteiger partial charge in [-0.05, 0) is 60.4 Å². The summed E-state index contributed by atoms with van der Waals surface area (Å²) < 4.78 is 0. The molecule has 0 fully saturated rings. The fourth-order valence-corrected chi connectivity index (χ4v) is 4.41. The molecule has 0 atom stereocenters. The molecule has 0 spiro atoms. The Morgan fingerprint density at radius 3 is 2.85 bits per heavy atom. The molecule has 3 heteroatoms. The average Bonchev–Trinajstić information content (AvgIpc) is 2.91. The van der Waals surface area contributed by atoms with E-state index in [1.54, 1.807) is 0 Å². The molecule has 3 rings (SSSR count). The van der Waals surface area contributed by atoms with Crippen LogP contribution in [0.2, 0.25) is 0 Å². The van der Waals surface area contributed by atoms with E-state index in [0.29, 0.717) is 5.75 Å². The van der Waals surface area contributed by atoms with Gasteiger partial charge in [-0.2, -0.15) is 0 Å². The van der Waals surface area contributed by atoms with E-state index in [0.717, 1.165) is 36.3 Å². The maximum Gasteiger partial charge on any atom is 0.119 e. The topological polar surface area (TPSA) is 20.2 Å². The Morgan fingerprint density at radius 1 is 1.15 bits per heavy atom. The molecule has 0 bridgehead atoms. The van der Waals surface area contributed by atoms with Crippen molar-refractivity contribution in [3.8, 4) is 5.75 Å². The highest BCUT2D eigenvalue weighted by Crippen LogP contribution is 2.36. The maximum atomic E-state index is 10.1. The van der Waals surface area contributed by atoms with Crippen LogP contribution in [0.15, 0.2) is 52.3 Å². The van der Waals surface area contributed by atoms with Crippen molar-refractivity contribution in [2.24, 2.45) is 0 Å². The van der Waals surface area contributed by atoms with Gasteiger partial charge >= 0.3 is 0 Å². The third-order valence-electron chi connectivity index (χ3n) is 3.49. The maximum absolute atomic E-state index is 10.1. The molecule has 0 saturated carbocycles. The summed E-state index contributed by atoms with van der Waals surface area (Å²) in [4.78, 5) is 2.69. The van der Waals surface area contributed by atoms with Crippen LogP contribution >= 0.6 is 23.5 Å². The fraction of sp³-hybridized carbons (Fsp3) is 0.294. The summed E-state index contributed by atoms with van der Waals surface area (Å²) in [5.41, 5.74) is 2.42. The normalized spacial score (nSPS) is 13.4. The summed E-state index contributed by atoms with van der Waals surface area (Å²) in [6, 6.07) is 14.6. The van der Waals surface area contributed by atoms with Gasteiger partial charge in [-0.1, -0.05) is 18.2 Å². The molecule has 1 aliphatic heterocycles. The molecule has 0 amide bonds. The first-order valence-corrected chi connectivity index (χ1v) is 8.95. The van der Waals surface area contributed by atoms with Gasteiger partial charge in [0.05, 0.1) is 0 Å². The minimum atomic E-state index is 0.482. The molecular formula is C17H18OS2. The second-order valence-electron chi connectivity index (χ2n) is 4.95. The third kappa shape index (κ3) is 3.33. The van der Waals surface area contributed by atoms with Crippen LogP contribution in [0.1, 0.15) is 17.5 Å². The lowest BCUT2D eigenvalue weighted by Crippen LogP contribution is -1.91. The van der Waals surface area contributed by atoms with Crippen LogP contribution in [-0.2, 0) is 12.8 Å². The summed E-state index contributed by atoms with van der Waals surface area (Å²) >= 11 is 3.79. The van der Waals surface area contributed by atoms with Crippen molar-refractivity contribution >= 4 is 23.5 Å². The van der Waals surface area contributed by atoms with Crippen molar-refractivity contribution in [1.29, 1.82) is 0 Å². The Bertz CT molecular complexity index is 581. The zero-order valence-corrected chi connectivity index (χ0v) is 13.0. The highest BCUT2D eigenvalue weighted by molar-refractivity contribution is 7.99. The molecule has 1 N–H and O–H groups in total. The predicted octanol–water partition coefficient (Wildman–Crippen LogP) is 4.77. The van der Waals surface area contributed by atoms with E-state index in [-0.39, 0.29) is 0 Å². The fourth-order valence-electron chi connectivity index (χ4n) is 2.42. The van der Waals surface area contributed by atoms with Crippen molar-refractivity contribution in [2.75, 3.05) is 11.5 Å². The molecule has 0 radical (unpaired) electrons. The van der Waals surface area contributed by atoms with Crippen molar-refractivity contribution in [2.45, 2.75) is 29.1 Å². The van der Waals surface area contributed by atoms with Crippen LogP contribution in [-0.4, -0.2) is 16.6 Å². The molecule has 104 valence electrons. The van der Waals surface area contributed by atoms with Crippen LogP contribution < -0.4 is 0 Å². The van der Waals surface area contributed by atoms with Crippen LogP contribution in [0, 0.1) is 0 Å². The van der Waals surface area contributed by atoms with Crippen molar-refractivity contribution in [3.05, 3.63) is 53.6 Å². The molecule has 0 unspecified atom stereocenters. The summed E-state index contributed by atoms with van der Waals surface area (Å²) in [6.45, 7) is 0. The van der Waals surface area contributed by atoms with E-state index < -0.39 is 0 Å². The van der Waals surface area contributed by atoms with Gasteiger partial charge in [0, 0.05) is 15.5 Å². The first kappa shape index (κ1) is 13.9. The number of phenols is 1. The van der Waals surface area contributed by atoms with Gasteiger partial charge in [-0.15, -0.1) is 23.5 Å². The number of aromatic hydroxyl groups is 1. The first-order chi connectivity index (χ1) is 9.83. The lowest BCUT2D eigenvalue weighted by atomic mass is 10.1. The molecule has 1 aliphatic rings. The van der Waals surface area contributed by atoms with Gasteiger partial charge in [0.25, 0.3) is 0 Å². The van der Waals surface area contributed by atoms with Gasteiger partial charge in [-0.3, -0.25) is 0 Å². The molecule has 0 aromatic heterocycles. The summed E-state index contributed by atoms with van der Waals surface area (Å²) in [5, 5.41) is 10.1. The molecule has 0 aliphatic carbocycles. The van der Waals surface area contributed by atoms with Crippen LogP contribution in [0.3, 0.4) is 0 Å². The largest absolute Gasteiger partial charge is 0.508 e. The lowest BCUT2D eigenvalue weighted by molar-refractivity contribution is 0.466. The lowest BCUT2D eigenvalue weighted by Gasteiger charge is -2.08. The molecular weight excluding hydrogens is 284 g/mol. The minimum Gasteiger partial charge on any atom is -0.508 e. The summed E-state index contributed by atoms with van der Waals surface area (Å²) in [7, 11) is 0. The van der Waals surface area contributed by atoms with E-state index in [2.05, 4.69) is 30.3 Å². The monoisotopic (exact) mass is 302 g/mol. The zero-order chi connectivity index (χ0) is 13.8. The Morgan fingerprint density at radius 2 is 2.00 bits per heavy atom. The smallest absolute Gasteiger partial charge is 0.119 e. The van der Waals surface area contributed by atoms with E-state index in [1.165, 1.54) is 15.4 Å². The number of benzene rings is 2. The number of rotatable bonds is 5. The van der Waals surface area contributed by atoms with Crippen LogP contribution in [0.5, 0.6) is 5.75 Å². The third-order valence-corrected chi connectivity index (χ3v) is 5.69. The molecule has 2 aromatic carbocycles. The van der Waals surface area contributed by atoms with E-state index in [4.69, 9.17) is 0 Å². The highest BCUT2D eigenvalue weighted by Gasteiger charge is 2.14. The number of fused-ring (bicyclic) bond motifs is 1. The number of phenolic OH excluding ortho intramolecular Hbond substituents is 1. The Labute approximate surface area is 128 Å². The number of aryl methyl sites for hydroxylation is 2. The Hall–Kier alpha value is -1.06. The van der Waals surface area contributed by atoms with Gasteiger partial charge in [0.1, 0.15) is 5.75 Å². The molecule has 1 nitrogen and oxygen atoms in total. The number of thioether (sulfide) groups is 2. The van der Waals surface area contributed by atoms with Crippen LogP contribution in [0.4, 0.5) is 0 Å². The SMILES string of the molecule is Oc1cc2c(cc1CCCSc1ccccc1)SCC2. The highest BCUT2D eigenvalue weighted by atomic mass is 32.2. The van der Waals surface area contributed by atoms with E-state index in [1.807, 2.05) is 35.7 Å². The van der Waals surface area contributed by atoms with Crippen molar-refractivity contribution in [3.63, 3.8) is 0 Å². The number of hydrogen-bond donors (Lipinski definition) is 1. The van der Waals surface area contributed by atoms with Gasteiger partial charge < -0.3 is 5.11 Å². The molecule has 1 heterocycles. The van der Waals surface area contributed by atoms with Gasteiger partial charge in [0.15, 0.2) is 0 Å². The standard InChI is InChI=1S/C17H18OS2/c18-16-11-14-8-10-20-17(14)12-13(16)5-4-9-19-15-6-2-1-3-7-15/h1-3,6-7,11-12,18H,4-5,8-10H2. The second kappa shape index (κ2) is 6.59.